The smallest absolute Gasteiger partial charge is 0.261 e. The van der Waals surface area contributed by atoms with Crippen LogP contribution in [0.5, 0.6) is 0 Å². The Bertz CT molecular complexity index is 344. The zero-order valence-corrected chi connectivity index (χ0v) is 10.8. The van der Waals surface area contributed by atoms with Gasteiger partial charge in [-0.3, -0.25) is 4.79 Å². The molecule has 1 atom stereocenters. The van der Waals surface area contributed by atoms with E-state index < -0.39 is 0 Å². The molecule has 2 heterocycles. The monoisotopic (exact) mass is 259 g/mol. The molecule has 1 aromatic heterocycles. The zero-order valence-electron chi connectivity index (χ0n) is 8.23. The van der Waals surface area contributed by atoms with Crippen molar-refractivity contribution in [2.75, 3.05) is 12.3 Å². The summed E-state index contributed by atoms with van der Waals surface area (Å²) < 4.78 is 0. The third-order valence-electron chi connectivity index (χ3n) is 2.32. The molecule has 1 aromatic rings. The van der Waals surface area contributed by atoms with Gasteiger partial charge in [0.15, 0.2) is 0 Å². The minimum absolute atomic E-state index is 0.0350. The summed E-state index contributed by atoms with van der Waals surface area (Å²) in [7, 11) is 0. The molecule has 82 valence electrons. The number of amides is 1. The predicted molar refractivity (Wildman–Crippen MR) is 69.4 cm³/mol. The molecule has 0 radical (unpaired) electrons. The van der Waals surface area contributed by atoms with Gasteiger partial charge in [0, 0.05) is 22.1 Å². The number of hydrogen-bond acceptors (Lipinski definition) is 4. The van der Waals surface area contributed by atoms with Crippen LogP contribution < -0.4 is 5.32 Å². The van der Waals surface area contributed by atoms with Crippen LogP contribution in [0.25, 0.3) is 0 Å². The van der Waals surface area contributed by atoms with Crippen LogP contribution >= 0.6 is 35.7 Å². The summed E-state index contributed by atoms with van der Waals surface area (Å²) in [5.74, 6) is 1.27. The van der Waals surface area contributed by atoms with E-state index in [9.17, 15) is 4.79 Å². The van der Waals surface area contributed by atoms with Crippen molar-refractivity contribution in [2.24, 2.45) is 0 Å². The summed E-state index contributed by atoms with van der Waals surface area (Å²) in [5, 5.41) is 5.46. The van der Waals surface area contributed by atoms with Crippen molar-refractivity contribution in [3.8, 4) is 0 Å². The topological polar surface area (TPSA) is 29.1 Å². The van der Waals surface area contributed by atoms with Gasteiger partial charge in [0.2, 0.25) is 0 Å². The number of rotatable bonds is 3. The van der Waals surface area contributed by atoms with Crippen LogP contribution in [0, 0.1) is 0 Å². The van der Waals surface area contributed by atoms with Crippen LogP contribution in [0.3, 0.4) is 0 Å². The lowest BCUT2D eigenvalue weighted by atomic mass is 10.2. The first-order valence-electron chi connectivity index (χ1n) is 4.93. The number of thioether (sulfide) groups is 1. The molecule has 2 rings (SSSR count). The van der Waals surface area contributed by atoms with Gasteiger partial charge in [-0.1, -0.05) is 0 Å². The standard InChI is InChI=1S/C10H13NOS3/c12-10(9-4-7(13)6-15-9)11-5-8-2-1-3-14-8/h4,6,8,13H,1-3,5H2,(H,11,12). The summed E-state index contributed by atoms with van der Waals surface area (Å²) >= 11 is 7.58. The molecule has 15 heavy (non-hydrogen) atoms. The van der Waals surface area contributed by atoms with Crippen LogP contribution in [-0.4, -0.2) is 23.5 Å². The van der Waals surface area contributed by atoms with Gasteiger partial charge in [-0.2, -0.15) is 11.8 Å². The second kappa shape index (κ2) is 5.27. The largest absolute Gasteiger partial charge is 0.350 e. The van der Waals surface area contributed by atoms with Crippen LogP contribution in [0.4, 0.5) is 0 Å². The van der Waals surface area contributed by atoms with Crippen molar-refractivity contribution in [3.05, 3.63) is 16.3 Å². The average Bonchev–Trinajstić information content (AvgIpc) is 2.84. The molecule has 1 aliphatic heterocycles. The van der Waals surface area contributed by atoms with Crippen molar-refractivity contribution >= 4 is 41.6 Å². The Kier molecular flexibility index (Phi) is 3.99. The van der Waals surface area contributed by atoms with Gasteiger partial charge in [0.05, 0.1) is 4.88 Å². The molecule has 1 aliphatic rings. The Hall–Kier alpha value is -0.130. The molecule has 1 unspecified atom stereocenters. The maximum Gasteiger partial charge on any atom is 0.261 e. The molecule has 5 heteroatoms. The molecular weight excluding hydrogens is 246 g/mol. The van der Waals surface area contributed by atoms with Crippen molar-refractivity contribution in [1.82, 2.24) is 5.32 Å². The SMILES string of the molecule is O=C(NCC1CCCS1)c1cc(S)cs1. The normalized spacial score (nSPS) is 20.5. The molecule has 1 N–H and O–H groups in total. The van der Waals surface area contributed by atoms with Gasteiger partial charge in [-0.25, -0.2) is 0 Å². The van der Waals surface area contributed by atoms with Gasteiger partial charge < -0.3 is 5.32 Å². The summed E-state index contributed by atoms with van der Waals surface area (Å²) in [5.41, 5.74) is 0. The molecule has 1 fully saturated rings. The Morgan fingerprint density at radius 1 is 1.67 bits per heavy atom. The highest BCUT2D eigenvalue weighted by Gasteiger charge is 2.17. The highest BCUT2D eigenvalue weighted by atomic mass is 32.2. The second-order valence-electron chi connectivity index (χ2n) is 3.51. The molecule has 0 aromatic carbocycles. The molecule has 1 saturated heterocycles. The first-order valence-corrected chi connectivity index (χ1v) is 7.30. The van der Waals surface area contributed by atoms with E-state index in [1.165, 1.54) is 29.9 Å². The quantitative estimate of drug-likeness (QED) is 0.817. The van der Waals surface area contributed by atoms with Gasteiger partial charge in [-0.05, 0) is 24.7 Å². The summed E-state index contributed by atoms with van der Waals surface area (Å²) in [6.07, 6.45) is 2.51. The summed E-state index contributed by atoms with van der Waals surface area (Å²) in [6, 6.07) is 1.81. The molecular formula is C10H13NOS3. The third-order valence-corrected chi connectivity index (χ3v) is 5.08. The number of thiophene rings is 1. The first kappa shape index (κ1) is 11.4. The fourth-order valence-electron chi connectivity index (χ4n) is 1.54. The summed E-state index contributed by atoms with van der Waals surface area (Å²) in [4.78, 5) is 13.3. The van der Waals surface area contributed by atoms with E-state index >= 15 is 0 Å². The van der Waals surface area contributed by atoms with Crippen molar-refractivity contribution in [2.45, 2.75) is 23.0 Å². The molecule has 0 aliphatic carbocycles. The fourth-order valence-corrected chi connectivity index (χ4v) is 3.81. The van der Waals surface area contributed by atoms with Gasteiger partial charge in [0.25, 0.3) is 5.91 Å². The number of carbonyl (C=O) groups excluding carboxylic acids is 1. The Morgan fingerprint density at radius 3 is 3.13 bits per heavy atom. The lowest BCUT2D eigenvalue weighted by molar-refractivity contribution is 0.0957. The third kappa shape index (κ3) is 3.16. The van der Waals surface area contributed by atoms with E-state index in [2.05, 4.69) is 17.9 Å². The van der Waals surface area contributed by atoms with E-state index in [0.717, 1.165) is 16.3 Å². The Labute approximate surface area is 103 Å². The second-order valence-corrected chi connectivity index (χ2v) is 6.35. The van der Waals surface area contributed by atoms with Crippen LogP contribution in [0.1, 0.15) is 22.5 Å². The maximum absolute atomic E-state index is 11.7. The van der Waals surface area contributed by atoms with Gasteiger partial charge in [-0.15, -0.1) is 24.0 Å². The lowest BCUT2D eigenvalue weighted by Gasteiger charge is -2.08. The van der Waals surface area contributed by atoms with Crippen LogP contribution in [0.2, 0.25) is 0 Å². The highest BCUT2D eigenvalue weighted by Crippen LogP contribution is 2.25. The average molecular weight is 259 g/mol. The molecule has 0 saturated carbocycles. The molecule has 0 bridgehead atoms. The first-order chi connectivity index (χ1) is 7.25. The minimum atomic E-state index is 0.0350. The Balaban J connectivity index is 1.81. The number of thiol groups is 1. The van der Waals surface area contributed by atoms with Gasteiger partial charge >= 0.3 is 0 Å². The Morgan fingerprint density at radius 2 is 2.53 bits per heavy atom. The maximum atomic E-state index is 11.7. The van der Waals surface area contributed by atoms with E-state index in [1.54, 1.807) is 0 Å². The minimum Gasteiger partial charge on any atom is -0.350 e. The van der Waals surface area contributed by atoms with Crippen molar-refractivity contribution in [1.29, 1.82) is 0 Å². The van der Waals surface area contributed by atoms with E-state index in [4.69, 9.17) is 0 Å². The lowest BCUT2D eigenvalue weighted by Crippen LogP contribution is -2.29. The zero-order chi connectivity index (χ0) is 10.7. The number of carbonyl (C=O) groups is 1. The fraction of sp³-hybridized carbons (Fsp3) is 0.500. The van der Waals surface area contributed by atoms with Crippen LogP contribution in [-0.2, 0) is 0 Å². The van der Waals surface area contributed by atoms with E-state index in [-0.39, 0.29) is 5.91 Å². The van der Waals surface area contributed by atoms with E-state index in [1.807, 2.05) is 23.2 Å². The molecule has 0 spiro atoms. The summed E-state index contributed by atoms with van der Waals surface area (Å²) in [6.45, 7) is 0.795. The molecule has 1 amide bonds. The van der Waals surface area contributed by atoms with Crippen molar-refractivity contribution < 1.29 is 4.79 Å². The van der Waals surface area contributed by atoms with Crippen molar-refractivity contribution in [3.63, 3.8) is 0 Å². The van der Waals surface area contributed by atoms with E-state index in [0.29, 0.717) is 5.25 Å². The number of nitrogens with one attached hydrogen (secondary N) is 1. The number of hydrogen-bond donors (Lipinski definition) is 2. The van der Waals surface area contributed by atoms with Crippen LogP contribution in [0.15, 0.2) is 16.3 Å². The highest BCUT2D eigenvalue weighted by molar-refractivity contribution is 8.00. The molecule has 2 nitrogen and oxygen atoms in total. The predicted octanol–water partition coefficient (Wildman–Crippen LogP) is 2.66. The van der Waals surface area contributed by atoms with Gasteiger partial charge in [0.1, 0.15) is 0 Å².